The molecule has 0 bridgehead atoms. The minimum Gasteiger partial charge on any atom is -0.497 e. The molecule has 1 saturated heterocycles. The van der Waals surface area contributed by atoms with Gasteiger partial charge in [-0.25, -0.2) is 9.46 Å². The van der Waals surface area contributed by atoms with Gasteiger partial charge in [0.15, 0.2) is 0 Å². The lowest BCUT2D eigenvalue weighted by Gasteiger charge is -2.39. The Morgan fingerprint density at radius 1 is 1.00 bits per heavy atom. The summed E-state index contributed by atoms with van der Waals surface area (Å²) in [5.41, 5.74) is -0.949. The van der Waals surface area contributed by atoms with Crippen molar-refractivity contribution in [3.05, 3.63) is 128 Å². The van der Waals surface area contributed by atoms with Crippen molar-refractivity contribution in [1.82, 2.24) is 14.2 Å². The molecule has 13 heteroatoms. The number of aromatic nitrogens is 2. The number of rotatable bonds is 17. The summed E-state index contributed by atoms with van der Waals surface area (Å²) in [6.07, 6.45) is -5.93. The van der Waals surface area contributed by atoms with E-state index in [1.165, 1.54) is 13.1 Å². The molecule has 1 aromatic heterocycles. The lowest BCUT2D eigenvalue weighted by molar-refractivity contribution is -0.0926. The molecule has 1 fully saturated rings. The van der Waals surface area contributed by atoms with E-state index in [9.17, 15) is 19.0 Å². The molecule has 5 rings (SSSR count). The maximum atomic E-state index is 13.3. The normalized spacial score (nSPS) is 22.2. The Kier molecular flexibility index (Phi) is 12.2. The molecule has 0 amide bonds. The smallest absolute Gasteiger partial charge is 0.330 e. The van der Waals surface area contributed by atoms with Crippen LogP contribution in [0, 0.1) is 18.3 Å². The van der Waals surface area contributed by atoms with Gasteiger partial charge in [0.2, 0.25) is 0 Å². The summed E-state index contributed by atoms with van der Waals surface area (Å²) < 4.78 is 69.5. The first-order valence-corrected chi connectivity index (χ1v) is 18.5. The van der Waals surface area contributed by atoms with Crippen LogP contribution in [0.5, 0.6) is 11.5 Å². The molecule has 0 aliphatic carbocycles. The van der Waals surface area contributed by atoms with E-state index >= 15 is 0 Å². The van der Waals surface area contributed by atoms with Crippen molar-refractivity contribution in [2.75, 3.05) is 27.4 Å². The van der Waals surface area contributed by atoms with Gasteiger partial charge in [0.1, 0.15) is 29.4 Å². The highest BCUT2D eigenvalue weighted by atomic mass is 31.2. The van der Waals surface area contributed by atoms with Crippen LogP contribution >= 0.6 is 8.53 Å². The van der Waals surface area contributed by atoms with E-state index in [2.05, 4.69) is 11.1 Å². The fourth-order valence-electron chi connectivity index (χ4n) is 6.16. The summed E-state index contributed by atoms with van der Waals surface area (Å²) in [6.45, 7) is 7.46. The molecule has 0 saturated carbocycles. The predicted molar refractivity (Wildman–Crippen MR) is 203 cm³/mol. The fourth-order valence-corrected chi connectivity index (χ4v) is 7.79. The average molecular weight is 748 g/mol. The van der Waals surface area contributed by atoms with Crippen molar-refractivity contribution in [3.63, 3.8) is 0 Å². The van der Waals surface area contributed by atoms with Gasteiger partial charge in [-0.05, 0) is 75.6 Å². The Morgan fingerprint density at radius 3 is 2.09 bits per heavy atom. The van der Waals surface area contributed by atoms with Crippen molar-refractivity contribution >= 4 is 8.53 Å². The van der Waals surface area contributed by atoms with Gasteiger partial charge in [-0.2, -0.15) is 5.26 Å². The number of methoxy groups -OCH3 is 2. The van der Waals surface area contributed by atoms with Crippen molar-refractivity contribution in [3.8, 4) is 17.6 Å². The summed E-state index contributed by atoms with van der Waals surface area (Å²) >= 11 is 0. The van der Waals surface area contributed by atoms with E-state index in [1.807, 2.05) is 87.0 Å². The third-order valence-corrected chi connectivity index (χ3v) is 10.8. The molecule has 4 aromatic rings. The van der Waals surface area contributed by atoms with E-state index in [0.29, 0.717) is 28.2 Å². The topological polar surface area (TPSA) is 137 Å². The fraction of sp³-hybridized carbons (Fsp3) is 0.425. The number of hydrogen-bond acceptors (Lipinski definition) is 10. The molecule has 1 N–H and O–H groups in total. The van der Waals surface area contributed by atoms with Gasteiger partial charge in [-0.3, -0.25) is 14.3 Å². The molecule has 12 nitrogen and oxygen atoms in total. The van der Waals surface area contributed by atoms with E-state index in [-0.39, 0.29) is 30.7 Å². The molecule has 2 heterocycles. The van der Waals surface area contributed by atoms with Gasteiger partial charge in [-0.1, -0.05) is 54.6 Å². The van der Waals surface area contributed by atoms with Crippen LogP contribution in [-0.4, -0.2) is 65.9 Å². The van der Waals surface area contributed by atoms with Crippen LogP contribution in [0.15, 0.2) is 94.6 Å². The standard InChI is InChI=1S/C40H49N4O8P/c1-27(2)44(28(3)4)53(50-23-11-22-41)52-35-24-37(43-25-29(5)38(45)42-39(43)46)51-36(35)26-49-40(30-12-9-8-10-13-30,31-14-18-33(47-6)19-15-31)32-16-20-34(48-7)21-17-32/h8-10,12-21,25,27-28,35-37H,11,23-24,26H2,1-7H3,(H,42,45,46)/t35-,36+,37+,53?/m0/s1/i24D,26D,35D/t24-,26?,35-,36+,37+,53?. The number of aromatic amines is 1. The number of ether oxygens (including phenoxy) is 4. The molecule has 282 valence electrons. The van der Waals surface area contributed by atoms with Crippen LogP contribution < -0.4 is 20.7 Å². The molecule has 53 heavy (non-hydrogen) atoms. The number of aryl methyl sites for hydroxylation is 1. The SMILES string of the molecule is [2H]C(OC(c1ccccc1)(c1ccc(OC)cc1)c1ccc(OC)cc1)[C@H]1O[C@@H](n2cc(C)c(=O)[nH]c2=O)[C@@H]([2H])[C@]1([2H])OP(OCCC#N)N(C(C)C)C(C)C. The van der Waals surface area contributed by atoms with Crippen LogP contribution in [0.4, 0.5) is 0 Å². The zero-order chi connectivity index (χ0) is 40.8. The minimum atomic E-state index is -2.41. The Balaban J connectivity index is 1.71. The predicted octanol–water partition coefficient (Wildman–Crippen LogP) is 6.82. The van der Waals surface area contributed by atoms with E-state index in [0.717, 1.165) is 4.57 Å². The number of hydrogen-bond donors (Lipinski definition) is 1. The number of nitrogens with zero attached hydrogens (tertiary/aromatic N) is 3. The summed E-state index contributed by atoms with van der Waals surface area (Å²) in [5.74, 6) is 1.19. The highest BCUT2D eigenvalue weighted by Gasteiger charge is 2.45. The molecular formula is C40H49N4O8P. The van der Waals surface area contributed by atoms with Crippen LogP contribution in [-0.2, 0) is 24.1 Å². The first kappa shape index (κ1) is 35.7. The number of H-pyrrole nitrogens is 1. The Hall–Kier alpha value is -4.34. The zero-order valence-corrected chi connectivity index (χ0v) is 31.9. The van der Waals surface area contributed by atoms with E-state index < -0.39 is 56.8 Å². The van der Waals surface area contributed by atoms with Crippen LogP contribution in [0.25, 0.3) is 0 Å². The second-order valence-electron chi connectivity index (χ2n) is 12.9. The molecule has 6 atom stereocenters. The maximum absolute atomic E-state index is 13.3. The largest absolute Gasteiger partial charge is 0.497 e. The van der Waals surface area contributed by atoms with E-state index in [1.54, 1.807) is 38.5 Å². The first-order valence-electron chi connectivity index (χ1n) is 19.0. The van der Waals surface area contributed by atoms with Gasteiger partial charge in [-0.15, -0.1) is 0 Å². The summed E-state index contributed by atoms with van der Waals surface area (Å²) in [6, 6.07) is 25.5. The summed E-state index contributed by atoms with van der Waals surface area (Å²) in [5, 5.41) is 9.33. The van der Waals surface area contributed by atoms with Gasteiger partial charge in [0.05, 0.1) is 48.7 Å². The Bertz CT molecular complexity index is 2010. The van der Waals surface area contributed by atoms with Gasteiger partial charge in [0, 0.05) is 31.6 Å². The quantitative estimate of drug-likeness (QED) is 0.0696. The number of nitriles is 1. The number of benzene rings is 3. The highest BCUT2D eigenvalue weighted by molar-refractivity contribution is 7.44. The number of nitrogens with one attached hydrogen (secondary N) is 1. The molecule has 1 aliphatic heterocycles. The molecule has 0 radical (unpaired) electrons. The van der Waals surface area contributed by atoms with Crippen LogP contribution in [0.2, 0.25) is 0 Å². The maximum Gasteiger partial charge on any atom is 0.330 e. The lowest BCUT2D eigenvalue weighted by atomic mass is 9.80. The lowest BCUT2D eigenvalue weighted by Crippen LogP contribution is -2.39. The molecule has 2 unspecified atom stereocenters. The monoisotopic (exact) mass is 747 g/mol. The molecule has 3 aromatic carbocycles. The van der Waals surface area contributed by atoms with Crippen LogP contribution in [0.1, 0.15) is 73.1 Å². The average Bonchev–Trinajstić information content (AvgIpc) is 3.44. The minimum absolute atomic E-state index is 0.0166. The van der Waals surface area contributed by atoms with Crippen LogP contribution in [0.3, 0.4) is 0 Å². The van der Waals surface area contributed by atoms with E-state index in [4.69, 9.17) is 28.0 Å². The zero-order valence-electron chi connectivity index (χ0n) is 34.0. The molecular weight excluding hydrogens is 695 g/mol. The summed E-state index contributed by atoms with van der Waals surface area (Å²) in [7, 11) is 0.971. The third-order valence-electron chi connectivity index (χ3n) is 8.68. The van der Waals surface area contributed by atoms with Crippen molar-refractivity contribution < 1.29 is 32.1 Å². The van der Waals surface area contributed by atoms with Gasteiger partial charge in [0.25, 0.3) is 14.1 Å². The second kappa shape index (κ2) is 18.1. The second-order valence-corrected chi connectivity index (χ2v) is 14.3. The Morgan fingerprint density at radius 2 is 1.57 bits per heavy atom. The van der Waals surface area contributed by atoms with Crippen molar-refractivity contribution in [1.29, 1.82) is 5.26 Å². The van der Waals surface area contributed by atoms with Gasteiger partial charge < -0.3 is 28.0 Å². The molecule has 1 aliphatic rings. The highest BCUT2D eigenvalue weighted by Crippen LogP contribution is 2.50. The Labute approximate surface area is 316 Å². The van der Waals surface area contributed by atoms with Gasteiger partial charge >= 0.3 is 5.69 Å². The van der Waals surface area contributed by atoms with Crippen molar-refractivity contribution in [2.45, 2.75) is 83.5 Å². The summed E-state index contributed by atoms with van der Waals surface area (Å²) in [4.78, 5) is 27.9. The first-order chi connectivity index (χ1) is 26.7. The third kappa shape index (κ3) is 9.07. The van der Waals surface area contributed by atoms with Crippen molar-refractivity contribution in [2.24, 2.45) is 0 Å². The molecule has 0 spiro atoms.